The maximum absolute atomic E-state index is 6.05. The Bertz CT molecular complexity index is 439. The molecule has 0 aromatic heterocycles. The maximum Gasteiger partial charge on any atom is 0.107 e. The molecule has 2 fully saturated rings. The van der Waals surface area contributed by atoms with E-state index in [1.807, 2.05) is 18.2 Å². The summed E-state index contributed by atoms with van der Waals surface area (Å²) in [4.78, 5) is 0. The number of ether oxygens (including phenoxy) is 1. The lowest BCUT2D eigenvalue weighted by Gasteiger charge is -2.28. The predicted octanol–water partition coefficient (Wildman–Crippen LogP) is 2.97. The first-order valence-corrected chi connectivity index (χ1v) is 6.13. The monoisotopic (exact) mass is 257 g/mol. The molecule has 2 atom stereocenters. The number of halogens is 2. The van der Waals surface area contributed by atoms with Gasteiger partial charge in [-0.1, -0.05) is 29.3 Å². The molecule has 0 aliphatic carbocycles. The van der Waals surface area contributed by atoms with Crippen molar-refractivity contribution in [2.45, 2.75) is 24.5 Å². The van der Waals surface area contributed by atoms with E-state index < -0.39 is 0 Å². The van der Waals surface area contributed by atoms with Crippen LogP contribution in [-0.2, 0) is 10.3 Å². The molecule has 2 heterocycles. The summed E-state index contributed by atoms with van der Waals surface area (Å²) in [7, 11) is 0. The molecule has 0 amide bonds. The van der Waals surface area contributed by atoms with Crippen LogP contribution < -0.4 is 5.32 Å². The zero-order valence-electron chi connectivity index (χ0n) is 9.02. The Hall–Kier alpha value is -0.280. The minimum Gasteiger partial charge on any atom is -0.367 e. The van der Waals surface area contributed by atoms with Gasteiger partial charge in [0, 0.05) is 18.5 Å². The number of nitrogens with one attached hydrogen (secondary N) is 1. The first kappa shape index (κ1) is 10.8. The van der Waals surface area contributed by atoms with Gasteiger partial charge in [-0.25, -0.2) is 0 Å². The quantitative estimate of drug-likeness (QED) is 0.836. The van der Waals surface area contributed by atoms with Gasteiger partial charge in [0.2, 0.25) is 0 Å². The minimum absolute atomic E-state index is 0.117. The Morgan fingerprint density at radius 3 is 2.62 bits per heavy atom. The summed E-state index contributed by atoms with van der Waals surface area (Å²) in [5, 5.41) is 4.69. The van der Waals surface area contributed by atoms with Gasteiger partial charge in [0.05, 0.1) is 16.7 Å². The topological polar surface area (TPSA) is 21.3 Å². The lowest BCUT2D eigenvalue weighted by Crippen LogP contribution is -2.43. The number of rotatable bonds is 1. The zero-order valence-corrected chi connectivity index (χ0v) is 10.5. The molecule has 2 nitrogen and oxygen atoms in total. The van der Waals surface area contributed by atoms with Crippen molar-refractivity contribution in [2.24, 2.45) is 0 Å². The van der Waals surface area contributed by atoms with Crippen molar-refractivity contribution in [1.82, 2.24) is 5.32 Å². The Morgan fingerprint density at radius 1 is 1.31 bits per heavy atom. The second kappa shape index (κ2) is 3.36. The van der Waals surface area contributed by atoms with E-state index in [0.717, 1.165) is 25.1 Å². The Kier molecular flexibility index (Phi) is 2.28. The van der Waals surface area contributed by atoms with Crippen LogP contribution in [0.2, 0.25) is 10.0 Å². The smallest absolute Gasteiger partial charge is 0.107 e. The molecule has 4 heteroatoms. The highest BCUT2D eigenvalue weighted by atomic mass is 35.5. The van der Waals surface area contributed by atoms with E-state index in [0.29, 0.717) is 10.0 Å². The lowest BCUT2D eigenvalue weighted by molar-refractivity contribution is -0.0167. The van der Waals surface area contributed by atoms with Crippen LogP contribution in [0.4, 0.5) is 0 Å². The predicted molar refractivity (Wildman–Crippen MR) is 65.1 cm³/mol. The fourth-order valence-electron chi connectivity index (χ4n) is 2.68. The first-order valence-electron chi connectivity index (χ1n) is 5.38. The molecular formula is C12H13Cl2NO. The van der Waals surface area contributed by atoms with E-state index in [1.165, 1.54) is 0 Å². The van der Waals surface area contributed by atoms with Crippen LogP contribution in [0.5, 0.6) is 0 Å². The van der Waals surface area contributed by atoms with E-state index in [-0.39, 0.29) is 11.1 Å². The van der Waals surface area contributed by atoms with Crippen molar-refractivity contribution in [3.8, 4) is 0 Å². The van der Waals surface area contributed by atoms with Crippen LogP contribution in [0.1, 0.15) is 18.9 Å². The maximum atomic E-state index is 6.05. The fourth-order valence-corrected chi connectivity index (χ4v) is 2.98. The van der Waals surface area contributed by atoms with Gasteiger partial charge < -0.3 is 10.1 Å². The zero-order chi connectivity index (χ0) is 11.4. The molecule has 0 spiro atoms. The first-order chi connectivity index (χ1) is 7.53. The van der Waals surface area contributed by atoms with Crippen molar-refractivity contribution in [3.05, 3.63) is 33.8 Å². The molecule has 1 aromatic carbocycles. The SMILES string of the molecule is C[C@@]12COC(c3ccc(Cl)c(Cl)c3)(CN1)C2. The van der Waals surface area contributed by atoms with Crippen LogP contribution in [0.15, 0.2) is 18.2 Å². The van der Waals surface area contributed by atoms with Crippen molar-refractivity contribution >= 4 is 23.2 Å². The van der Waals surface area contributed by atoms with Crippen molar-refractivity contribution < 1.29 is 4.74 Å². The molecule has 0 radical (unpaired) electrons. The second-order valence-corrected chi connectivity index (χ2v) is 5.82. The summed E-state index contributed by atoms with van der Waals surface area (Å²) in [6.07, 6.45) is 0.998. The van der Waals surface area contributed by atoms with Gasteiger partial charge in [0.1, 0.15) is 5.60 Å². The van der Waals surface area contributed by atoms with Gasteiger partial charge in [-0.2, -0.15) is 0 Å². The highest BCUT2D eigenvalue weighted by Gasteiger charge is 2.54. The van der Waals surface area contributed by atoms with Gasteiger partial charge in [-0.05, 0) is 24.6 Å². The average molecular weight is 258 g/mol. The van der Waals surface area contributed by atoms with E-state index in [1.54, 1.807) is 0 Å². The summed E-state index contributed by atoms with van der Waals surface area (Å²) < 4.78 is 5.96. The normalized spacial score (nSPS) is 36.9. The van der Waals surface area contributed by atoms with Gasteiger partial charge in [-0.15, -0.1) is 0 Å². The molecule has 1 N–H and O–H groups in total. The van der Waals surface area contributed by atoms with Gasteiger partial charge in [-0.3, -0.25) is 0 Å². The van der Waals surface area contributed by atoms with E-state index in [2.05, 4.69) is 12.2 Å². The Labute approximate surface area is 105 Å². The van der Waals surface area contributed by atoms with Crippen LogP contribution in [0.25, 0.3) is 0 Å². The molecule has 2 aliphatic rings. The molecule has 3 rings (SSSR count). The molecule has 2 bridgehead atoms. The number of hydrogen-bond donors (Lipinski definition) is 1. The summed E-state index contributed by atoms with van der Waals surface area (Å²) in [5.41, 5.74) is 1.03. The molecule has 2 aliphatic heterocycles. The third kappa shape index (κ3) is 1.48. The number of fused-ring (bicyclic) bond motifs is 2. The van der Waals surface area contributed by atoms with Gasteiger partial charge >= 0.3 is 0 Å². The highest BCUT2D eigenvalue weighted by molar-refractivity contribution is 6.42. The van der Waals surface area contributed by atoms with Crippen LogP contribution in [-0.4, -0.2) is 18.7 Å². The van der Waals surface area contributed by atoms with Gasteiger partial charge in [0.15, 0.2) is 0 Å². The standard InChI is InChI=1S/C12H13Cl2NO/c1-11-5-12(6-15-11,16-7-11)8-2-3-9(13)10(14)4-8/h2-4,15H,5-7H2,1H3/t11-,12?/m1/s1. The lowest BCUT2D eigenvalue weighted by atomic mass is 9.89. The Balaban J connectivity index is 2.01. The molecule has 1 aromatic rings. The molecular weight excluding hydrogens is 245 g/mol. The van der Waals surface area contributed by atoms with E-state index in [4.69, 9.17) is 27.9 Å². The Morgan fingerprint density at radius 2 is 2.12 bits per heavy atom. The van der Waals surface area contributed by atoms with Gasteiger partial charge in [0.25, 0.3) is 0 Å². The third-order valence-electron chi connectivity index (χ3n) is 3.59. The fraction of sp³-hybridized carbons (Fsp3) is 0.500. The molecule has 0 saturated carbocycles. The van der Waals surface area contributed by atoms with E-state index >= 15 is 0 Å². The number of benzene rings is 1. The largest absolute Gasteiger partial charge is 0.367 e. The minimum atomic E-state index is -0.205. The second-order valence-electron chi connectivity index (χ2n) is 5.00. The summed E-state index contributed by atoms with van der Waals surface area (Å²) in [6.45, 7) is 3.80. The summed E-state index contributed by atoms with van der Waals surface area (Å²) >= 11 is 12.0. The highest BCUT2D eigenvalue weighted by Crippen LogP contribution is 2.46. The van der Waals surface area contributed by atoms with Crippen molar-refractivity contribution in [3.63, 3.8) is 0 Å². The van der Waals surface area contributed by atoms with E-state index in [9.17, 15) is 0 Å². The van der Waals surface area contributed by atoms with Crippen molar-refractivity contribution in [2.75, 3.05) is 13.2 Å². The van der Waals surface area contributed by atoms with Crippen LogP contribution in [0, 0.1) is 0 Å². The number of morpholine rings is 1. The van der Waals surface area contributed by atoms with Crippen molar-refractivity contribution in [1.29, 1.82) is 0 Å². The molecule has 1 unspecified atom stereocenters. The van der Waals surface area contributed by atoms with Crippen LogP contribution >= 0.6 is 23.2 Å². The summed E-state index contributed by atoms with van der Waals surface area (Å²) in [5.74, 6) is 0. The summed E-state index contributed by atoms with van der Waals surface area (Å²) in [6, 6.07) is 5.76. The average Bonchev–Trinajstić information content (AvgIpc) is 2.77. The molecule has 16 heavy (non-hydrogen) atoms. The molecule has 86 valence electrons. The third-order valence-corrected chi connectivity index (χ3v) is 4.33. The van der Waals surface area contributed by atoms with Crippen LogP contribution in [0.3, 0.4) is 0 Å². The molecule has 2 saturated heterocycles. The number of hydrogen-bond acceptors (Lipinski definition) is 2.